The number of ether oxygens (including phenoxy) is 1. The number of nitrogens with zero attached hydrogens (tertiary/aromatic N) is 2. The summed E-state index contributed by atoms with van der Waals surface area (Å²) in [5, 5.41) is 3.38. The van der Waals surface area contributed by atoms with Crippen LogP contribution in [0.5, 0.6) is 5.75 Å². The van der Waals surface area contributed by atoms with E-state index in [4.69, 9.17) is 16.3 Å². The van der Waals surface area contributed by atoms with Crippen LogP contribution in [0.3, 0.4) is 0 Å². The van der Waals surface area contributed by atoms with Crippen molar-refractivity contribution in [2.24, 2.45) is 0 Å². The zero-order valence-electron chi connectivity index (χ0n) is 26.4. The van der Waals surface area contributed by atoms with Gasteiger partial charge in [-0.3, -0.25) is 13.9 Å². The van der Waals surface area contributed by atoms with Crippen molar-refractivity contribution >= 4 is 55.1 Å². The van der Waals surface area contributed by atoms with Crippen LogP contribution in [0.4, 0.5) is 5.69 Å². The zero-order valence-corrected chi connectivity index (χ0v) is 29.6. The number of benzene rings is 4. The van der Waals surface area contributed by atoms with Gasteiger partial charge in [0.2, 0.25) is 11.8 Å². The highest BCUT2D eigenvalue weighted by molar-refractivity contribution is 9.10. The molecular weight excluding hydrogens is 702 g/mol. The van der Waals surface area contributed by atoms with Gasteiger partial charge < -0.3 is 15.0 Å². The van der Waals surface area contributed by atoms with Crippen molar-refractivity contribution in [3.05, 3.63) is 124 Å². The number of anilines is 1. The second kappa shape index (κ2) is 17.3. The van der Waals surface area contributed by atoms with E-state index in [2.05, 4.69) is 21.2 Å². The van der Waals surface area contributed by atoms with Crippen LogP contribution in [-0.4, -0.2) is 50.9 Å². The average Bonchev–Trinajstić information content (AvgIpc) is 3.07. The molecule has 0 fully saturated rings. The molecule has 1 atom stereocenters. The molecule has 0 radical (unpaired) electrons. The molecule has 8 nitrogen and oxygen atoms in total. The third-order valence-electron chi connectivity index (χ3n) is 7.48. The fraction of sp³-hybridized carbons (Fsp3) is 0.278. The third kappa shape index (κ3) is 10.1. The highest BCUT2D eigenvalue weighted by Crippen LogP contribution is 2.28. The van der Waals surface area contributed by atoms with Crippen LogP contribution in [0, 0.1) is 0 Å². The summed E-state index contributed by atoms with van der Waals surface area (Å²) in [4.78, 5) is 29.9. The average molecular weight is 741 g/mol. The van der Waals surface area contributed by atoms with Gasteiger partial charge in [-0.15, -0.1) is 0 Å². The van der Waals surface area contributed by atoms with Gasteiger partial charge in [0, 0.05) is 29.0 Å². The highest BCUT2D eigenvalue weighted by Gasteiger charge is 2.34. The van der Waals surface area contributed by atoms with E-state index in [-0.39, 0.29) is 29.5 Å². The Morgan fingerprint density at radius 1 is 0.872 bits per heavy atom. The second-order valence-corrected chi connectivity index (χ2v) is 14.1. The van der Waals surface area contributed by atoms with Gasteiger partial charge in [0.1, 0.15) is 18.3 Å². The van der Waals surface area contributed by atoms with Crippen molar-refractivity contribution < 1.29 is 22.7 Å². The molecule has 0 bridgehead atoms. The molecule has 0 spiro atoms. The summed E-state index contributed by atoms with van der Waals surface area (Å²) < 4.78 is 35.9. The van der Waals surface area contributed by atoms with Crippen molar-refractivity contribution in [2.75, 3.05) is 24.0 Å². The van der Waals surface area contributed by atoms with Crippen molar-refractivity contribution in [2.45, 2.75) is 50.6 Å². The Balaban J connectivity index is 1.78. The van der Waals surface area contributed by atoms with Crippen LogP contribution in [0.15, 0.2) is 112 Å². The van der Waals surface area contributed by atoms with E-state index in [1.807, 2.05) is 68.4 Å². The maximum absolute atomic E-state index is 14.6. The summed E-state index contributed by atoms with van der Waals surface area (Å²) >= 11 is 9.53. The number of hydrogen-bond acceptors (Lipinski definition) is 5. The Bertz CT molecular complexity index is 1700. The predicted molar refractivity (Wildman–Crippen MR) is 190 cm³/mol. The summed E-state index contributed by atoms with van der Waals surface area (Å²) in [5.41, 5.74) is 1.93. The summed E-state index contributed by atoms with van der Waals surface area (Å²) in [6.07, 6.45) is 1.92. The van der Waals surface area contributed by atoms with E-state index in [9.17, 15) is 18.0 Å². The fourth-order valence-corrected chi connectivity index (χ4v) is 6.79. The molecule has 248 valence electrons. The van der Waals surface area contributed by atoms with Gasteiger partial charge in [-0.05, 0) is 85.1 Å². The van der Waals surface area contributed by atoms with Gasteiger partial charge >= 0.3 is 0 Å². The van der Waals surface area contributed by atoms with E-state index >= 15 is 0 Å². The van der Waals surface area contributed by atoms with Crippen LogP contribution < -0.4 is 14.4 Å². The SMILES string of the molecule is CCCCNC(=O)C(Cc1ccccc1)N(Cc1ccc(Br)cc1)C(=O)CN(c1ccc(OCC)cc1)S(=O)(=O)c1ccc(Cl)cc1. The number of carbonyl (C=O) groups excluding carboxylic acids is 2. The molecule has 4 rings (SSSR count). The number of nitrogens with one attached hydrogen (secondary N) is 1. The molecular formula is C36H39BrClN3O5S. The van der Waals surface area contributed by atoms with Crippen molar-refractivity contribution in [3.63, 3.8) is 0 Å². The lowest BCUT2D eigenvalue weighted by molar-refractivity contribution is -0.140. The molecule has 11 heteroatoms. The second-order valence-electron chi connectivity index (χ2n) is 10.9. The van der Waals surface area contributed by atoms with Crippen LogP contribution >= 0.6 is 27.5 Å². The minimum Gasteiger partial charge on any atom is -0.494 e. The minimum atomic E-state index is -4.25. The van der Waals surface area contributed by atoms with Gasteiger partial charge in [-0.2, -0.15) is 0 Å². The van der Waals surface area contributed by atoms with E-state index in [0.29, 0.717) is 23.9 Å². The molecule has 1 unspecified atom stereocenters. The summed E-state index contributed by atoms with van der Waals surface area (Å²) in [6, 6.07) is 28.3. The third-order valence-corrected chi connectivity index (χ3v) is 10.1. The van der Waals surface area contributed by atoms with Gasteiger partial charge in [0.25, 0.3) is 10.0 Å². The smallest absolute Gasteiger partial charge is 0.264 e. The van der Waals surface area contributed by atoms with Crippen LogP contribution in [0.25, 0.3) is 0 Å². The number of amides is 2. The van der Waals surface area contributed by atoms with E-state index in [1.165, 1.54) is 29.2 Å². The summed E-state index contributed by atoms with van der Waals surface area (Å²) in [5.74, 6) is -0.276. The van der Waals surface area contributed by atoms with Gasteiger partial charge in [0.05, 0.1) is 17.2 Å². The van der Waals surface area contributed by atoms with E-state index in [0.717, 1.165) is 32.7 Å². The molecule has 0 saturated heterocycles. The van der Waals surface area contributed by atoms with E-state index < -0.39 is 28.5 Å². The summed E-state index contributed by atoms with van der Waals surface area (Å²) in [7, 11) is -4.25. The van der Waals surface area contributed by atoms with Crippen molar-refractivity contribution in [1.29, 1.82) is 0 Å². The standard InChI is InChI=1S/C36H39BrClN3O5S/c1-3-5-23-39-36(43)34(24-27-9-7-6-8-10-27)40(25-28-11-13-29(37)14-12-28)35(42)26-41(31-17-19-32(20-18-31)46-4-2)47(44,45)33-21-15-30(38)16-22-33/h6-22,34H,3-5,23-26H2,1-2H3,(H,39,43). The normalized spacial score (nSPS) is 11.8. The Morgan fingerprint density at radius 3 is 2.15 bits per heavy atom. The molecule has 2 amide bonds. The predicted octanol–water partition coefficient (Wildman–Crippen LogP) is 7.25. The Morgan fingerprint density at radius 2 is 1.53 bits per heavy atom. The topological polar surface area (TPSA) is 96.0 Å². The first-order valence-electron chi connectivity index (χ1n) is 15.5. The molecule has 4 aromatic carbocycles. The molecule has 0 aliphatic rings. The Labute approximate surface area is 290 Å². The minimum absolute atomic E-state index is 0.0267. The maximum Gasteiger partial charge on any atom is 0.264 e. The van der Waals surface area contributed by atoms with E-state index in [1.54, 1.807) is 24.3 Å². The fourth-order valence-electron chi connectivity index (χ4n) is 4.98. The summed E-state index contributed by atoms with van der Waals surface area (Å²) in [6.45, 7) is 4.33. The molecule has 0 heterocycles. The van der Waals surface area contributed by atoms with Crippen LogP contribution in [-0.2, 0) is 32.6 Å². The molecule has 1 N–H and O–H groups in total. The molecule has 0 aliphatic heterocycles. The Hall–Kier alpha value is -3.86. The van der Waals surface area contributed by atoms with Crippen LogP contribution in [0.2, 0.25) is 5.02 Å². The lowest BCUT2D eigenvalue weighted by Crippen LogP contribution is -2.53. The van der Waals surface area contributed by atoms with Crippen molar-refractivity contribution in [1.82, 2.24) is 10.2 Å². The zero-order chi connectivity index (χ0) is 33.8. The quantitative estimate of drug-likeness (QED) is 0.122. The molecule has 0 aromatic heterocycles. The largest absolute Gasteiger partial charge is 0.494 e. The molecule has 4 aromatic rings. The first kappa shape index (κ1) is 36.0. The first-order valence-corrected chi connectivity index (χ1v) is 18.1. The molecule has 0 saturated carbocycles. The Kier molecular flexibility index (Phi) is 13.3. The lowest BCUT2D eigenvalue weighted by atomic mass is 10.0. The molecule has 47 heavy (non-hydrogen) atoms. The number of halogens is 2. The number of hydrogen-bond donors (Lipinski definition) is 1. The number of rotatable bonds is 16. The number of unbranched alkanes of at least 4 members (excludes halogenated alkanes) is 1. The highest BCUT2D eigenvalue weighted by atomic mass is 79.9. The maximum atomic E-state index is 14.6. The van der Waals surface area contributed by atoms with Gasteiger partial charge in [-0.1, -0.05) is 83.3 Å². The number of sulfonamides is 1. The first-order chi connectivity index (χ1) is 22.6. The van der Waals surface area contributed by atoms with Gasteiger partial charge in [-0.25, -0.2) is 8.42 Å². The monoisotopic (exact) mass is 739 g/mol. The number of carbonyl (C=O) groups is 2. The van der Waals surface area contributed by atoms with Crippen molar-refractivity contribution in [3.8, 4) is 5.75 Å². The van der Waals surface area contributed by atoms with Gasteiger partial charge in [0.15, 0.2) is 0 Å². The molecule has 0 aliphatic carbocycles. The van der Waals surface area contributed by atoms with Crippen LogP contribution in [0.1, 0.15) is 37.8 Å². The lowest BCUT2D eigenvalue weighted by Gasteiger charge is -2.34.